The molecule has 0 aliphatic carbocycles. The first-order chi connectivity index (χ1) is 9.88. The maximum atomic E-state index is 5.35. The molecule has 2 heterocycles. The zero-order valence-electron chi connectivity index (χ0n) is 10.8. The highest BCUT2D eigenvalue weighted by Crippen LogP contribution is 2.29. The van der Waals surface area contributed by atoms with Crippen LogP contribution in [0, 0.1) is 0 Å². The largest absolute Gasteiger partial charge is 0.462 e. The van der Waals surface area contributed by atoms with Crippen LogP contribution in [0.3, 0.4) is 0 Å². The minimum absolute atomic E-state index is 0.633. The summed E-state index contributed by atoms with van der Waals surface area (Å²) in [7, 11) is 0. The molecule has 20 heavy (non-hydrogen) atoms. The minimum Gasteiger partial charge on any atom is -0.462 e. The molecule has 0 amide bonds. The molecule has 98 valence electrons. The highest BCUT2D eigenvalue weighted by Gasteiger charge is 2.06. The lowest BCUT2D eigenvalue weighted by molar-refractivity contribution is 0.483. The normalized spacial score (nSPS) is 10.2. The number of ether oxygens (including phenoxy) is 1. The van der Waals surface area contributed by atoms with Crippen molar-refractivity contribution in [2.45, 2.75) is 0 Å². The monoisotopic (exact) mass is 263 g/mol. The number of pyridine rings is 2. The van der Waals surface area contributed by atoms with Crippen molar-refractivity contribution >= 4 is 22.3 Å². The summed E-state index contributed by atoms with van der Waals surface area (Å²) in [5.74, 6) is 1.28. The van der Waals surface area contributed by atoms with Crippen LogP contribution >= 0.6 is 0 Å². The van der Waals surface area contributed by atoms with Crippen LogP contribution in [0.15, 0.2) is 67.8 Å². The summed E-state index contributed by atoms with van der Waals surface area (Å²) in [6, 6.07) is 11.6. The lowest BCUT2D eigenvalue weighted by atomic mass is 10.1. The van der Waals surface area contributed by atoms with E-state index in [0.717, 1.165) is 16.5 Å². The van der Waals surface area contributed by atoms with Crippen LogP contribution in [0.25, 0.3) is 10.8 Å². The van der Waals surface area contributed by atoms with Gasteiger partial charge in [0.1, 0.15) is 0 Å². The van der Waals surface area contributed by atoms with Crippen LogP contribution < -0.4 is 10.1 Å². The number of fused-ring (bicyclic) bond motifs is 1. The van der Waals surface area contributed by atoms with E-state index in [-0.39, 0.29) is 0 Å². The van der Waals surface area contributed by atoms with Gasteiger partial charge in [-0.25, -0.2) is 4.98 Å². The molecule has 3 rings (SSSR count). The number of benzene rings is 1. The van der Waals surface area contributed by atoms with Crippen molar-refractivity contribution in [3.05, 3.63) is 67.8 Å². The Morgan fingerprint density at radius 1 is 1.10 bits per heavy atom. The van der Waals surface area contributed by atoms with E-state index in [1.807, 2.05) is 42.6 Å². The first-order valence-corrected chi connectivity index (χ1v) is 6.21. The van der Waals surface area contributed by atoms with E-state index >= 15 is 0 Å². The van der Waals surface area contributed by atoms with Crippen molar-refractivity contribution in [2.24, 2.45) is 0 Å². The predicted molar refractivity (Wildman–Crippen MR) is 80.1 cm³/mol. The fraction of sp³-hybridized carbons (Fsp3) is 0. The van der Waals surface area contributed by atoms with Gasteiger partial charge in [0.15, 0.2) is 11.6 Å². The fourth-order valence-electron chi connectivity index (χ4n) is 2.03. The van der Waals surface area contributed by atoms with Crippen LogP contribution in [0.5, 0.6) is 5.75 Å². The fourth-order valence-corrected chi connectivity index (χ4v) is 2.03. The van der Waals surface area contributed by atoms with Gasteiger partial charge in [-0.3, -0.25) is 4.98 Å². The molecule has 1 N–H and O–H groups in total. The number of hydrogen-bond acceptors (Lipinski definition) is 4. The molecular formula is C16H13N3O. The van der Waals surface area contributed by atoms with E-state index in [1.165, 1.54) is 6.26 Å². The summed E-state index contributed by atoms with van der Waals surface area (Å²) in [5.41, 5.74) is 0.956. The molecule has 0 aliphatic rings. The van der Waals surface area contributed by atoms with Crippen LogP contribution in [-0.4, -0.2) is 9.97 Å². The van der Waals surface area contributed by atoms with Crippen molar-refractivity contribution in [2.75, 3.05) is 5.32 Å². The Hall–Kier alpha value is -2.88. The summed E-state index contributed by atoms with van der Waals surface area (Å²) < 4.78 is 5.35. The average molecular weight is 263 g/mol. The molecule has 0 spiro atoms. The molecular weight excluding hydrogens is 250 g/mol. The van der Waals surface area contributed by atoms with E-state index in [0.29, 0.717) is 11.6 Å². The molecule has 3 aromatic rings. The smallest absolute Gasteiger partial charge is 0.173 e. The third-order valence-electron chi connectivity index (χ3n) is 2.91. The third kappa shape index (κ3) is 2.31. The molecule has 0 fully saturated rings. The number of nitrogens with one attached hydrogen (secondary N) is 1. The van der Waals surface area contributed by atoms with Gasteiger partial charge in [-0.05, 0) is 24.3 Å². The first kappa shape index (κ1) is 12.2. The maximum Gasteiger partial charge on any atom is 0.173 e. The van der Waals surface area contributed by atoms with Crippen molar-refractivity contribution in [1.82, 2.24) is 9.97 Å². The summed E-state index contributed by atoms with van der Waals surface area (Å²) in [4.78, 5) is 8.43. The van der Waals surface area contributed by atoms with Crippen molar-refractivity contribution < 1.29 is 4.74 Å². The van der Waals surface area contributed by atoms with Crippen LogP contribution in [-0.2, 0) is 0 Å². The van der Waals surface area contributed by atoms with Gasteiger partial charge in [-0.15, -0.1) is 0 Å². The van der Waals surface area contributed by atoms with Crippen molar-refractivity contribution in [1.29, 1.82) is 0 Å². The number of aromatic nitrogens is 2. The first-order valence-electron chi connectivity index (χ1n) is 6.21. The Kier molecular flexibility index (Phi) is 3.29. The van der Waals surface area contributed by atoms with E-state index in [2.05, 4.69) is 21.9 Å². The van der Waals surface area contributed by atoms with E-state index in [9.17, 15) is 0 Å². The summed E-state index contributed by atoms with van der Waals surface area (Å²) in [5, 5.41) is 5.44. The average Bonchev–Trinajstić information content (AvgIpc) is 2.50. The second-order valence-corrected chi connectivity index (χ2v) is 4.16. The van der Waals surface area contributed by atoms with Crippen molar-refractivity contribution in [3.8, 4) is 5.75 Å². The number of hydrogen-bond donors (Lipinski definition) is 1. The molecule has 0 radical (unpaired) electrons. The highest BCUT2D eigenvalue weighted by molar-refractivity contribution is 5.94. The molecule has 0 unspecified atom stereocenters. The Morgan fingerprint density at radius 3 is 2.95 bits per heavy atom. The Morgan fingerprint density at radius 2 is 2.05 bits per heavy atom. The molecule has 1 aromatic carbocycles. The lowest BCUT2D eigenvalue weighted by Crippen LogP contribution is -1.97. The maximum absolute atomic E-state index is 5.35. The summed E-state index contributed by atoms with van der Waals surface area (Å²) >= 11 is 0. The summed E-state index contributed by atoms with van der Waals surface area (Å²) in [6.07, 6.45) is 6.70. The quantitative estimate of drug-likeness (QED) is 0.725. The van der Waals surface area contributed by atoms with Gasteiger partial charge < -0.3 is 10.1 Å². The van der Waals surface area contributed by atoms with Gasteiger partial charge in [-0.2, -0.15) is 0 Å². The third-order valence-corrected chi connectivity index (χ3v) is 2.91. The lowest BCUT2D eigenvalue weighted by Gasteiger charge is -2.11. The standard InChI is InChI=1S/C16H13N3O/c1-2-20-15-7-4-9-18-16(15)19-14-6-3-5-12-11-17-10-8-13(12)14/h2-11H,1H2,(H,18,19). The van der Waals surface area contributed by atoms with Crippen LogP contribution in [0.4, 0.5) is 11.5 Å². The zero-order chi connectivity index (χ0) is 13.8. The number of nitrogens with zero attached hydrogens (tertiary/aromatic N) is 2. The molecule has 0 atom stereocenters. The number of rotatable bonds is 4. The zero-order valence-corrected chi connectivity index (χ0v) is 10.8. The van der Waals surface area contributed by atoms with Crippen molar-refractivity contribution in [3.63, 3.8) is 0 Å². The van der Waals surface area contributed by atoms with Gasteiger partial charge in [-0.1, -0.05) is 18.7 Å². The molecule has 0 bridgehead atoms. The van der Waals surface area contributed by atoms with Crippen LogP contribution in [0.2, 0.25) is 0 Å². The van der Waals surface area contributed by atoms with Gasteiger partial charge in [0.05, 0.1) is 6.26 Å². The van der Waals surface area contributed by atoms with E-state index in [4.69, 9.17) is 4.74 Å². The van der Waals surface area contributed by atoms with Gasteiger partial charge in [0, 0.05) is 35.1 Å². The molecule has 4 nitrogen and oxygen atoms in total. The molecule has 0 saturated carbocycles. The second kappa shape index (κ2) is 5.40. The van der Waals surface area contributed by atoms with E-state index in [1.54, 1.807) is 12.4 Å². The second-order valence-electron chi connectivity index (χ2n) is 4.16. The van der Waals surface area contributed by atoms with Gasteiger partial charge in [0.2, 0.25) is 0 Å². The van der Waals surface area contributed by atoms with E-state index < -0.39 is 0 Å². The SMILES string of the molecule is C=COc1cccnc1Nc1cccc2cnccc12. The Bertz CT molecular complexity index is 750. The van der Waals surface area contributed by atoms with Gasteiger partial charge in [0.25, 0.3) is 0 Å². The number of anilines is 2. The van der Waals surface area contributed by atoms with Gasteiger partial charge >= 0.3 is 0 Å². The highest BCUT2D eigenvalue weighted by atomic mass is 16.5. The topological polar surface area (TPSA) is 47.0 Å². The predicted octanol–water partition coefficient (Wildman–Crippen LogP) is 3.90. The Labute approximate surface area is 116 Å². The molecule has 2 aromatic heterocycles. The summed E-state index contributed by atoms with van der Waals surface area (Å²) in [6.45, 7) is 3.57. The minimum atomic E-state index is 0.633. The molecule has 0 saturated heterocycles. The Balaban J connectivity index is 2.03. The molecule has 0 aliphatic heterocycles. The van der Waals surface area contributed by atoms with Crippen LogP contribution in [0.1, 0.15) is 0 Å². The molecule has 4 heteroatoms.